The lowest BCUT2D eigenvalue weighted by molar-refractivity contribution is 0.0996. The van der Waals surface area contributed by atoms with Gasteiger partial charge in [-0.25, -0.2) is 4.39 Å². The van der Waals surface area contributed by atoms with Crippen LogP contribution in [0.15, 0.2) is 18.2 Å². The zero-order chi connectivity index (χ0) is 10.0. The van der Waals surface area contributed by atoms with Gasteiger partial charge in [0.1, 0.15) is 5.82 Å². The lowest BCUT2D eigenvalue weighted by Crippen LogP contribution is -2.34. The van der Waals surface area contributed by atoms with Gasteiger partial charge in [-0.1, -0.05) is 12.1 Å². The lowest BCUT2D eigenvalue weighted by Gasteiger charge is -2.03. The Morgan fingerprint density at radius 2 is 2.08 bits per heavy atom. The number of halogens is 1. The molecular formula is C7H7BFNO3. The number of carbonyl (C=O) groups excluding carboxylic acids is 1. The van der Waals surface area contributed by atoms with Gasteiger partial charge < -0.3 is 15.8 Å². The van der Waals surface area contributed by atoms with Gasteiger partial charge >= 0.3 is 7.12 Å². The zero-order valence-corrected chi connectivity index (χ0v) is 6.57. The number of benzene rings is 1. The lowest BCUT2D eigenvalue weighted by atomic mass is 9.79. The highest BCUT2D eigenvalue weighted by molar-refractivity contribution is 6.58. The molecule has 0 unspecified atom stereocenters. The summed E-state index contributed by atoms with van der Waals surface area (Å²) < 4.78 is 13.2. The van der Waals surface area contributed by atoms with E-state index in [0.717, 1.165) is 6.07 Å². The molecule has 1 aromatic carbocycles. The van der Waals surface area contributed by atoms with Gasteiger partial charge in [-0.05, 0) is 6.07 Å². The third-order valence-electron chi connectivity index (χ3n) is 1.57. The minimum absolute atomic E-state index is 0.356. The molecule has 0 radical (unpaired) electrons. The molecule has 0 heterocycles. The van der Waals surface area contributed by atoms with E-state index in [1.54, 1.807) is 0 Å². The second-order valence-electron chi connectivity index (χ2n) is 2.45. The average Bonchev–Trinajstić information content (AvgIpc) is 2.03. The van der Waals surface area contributed by atoms with Crippen LogP contribution in [-0.4, -0.2) is 23.1 Å². The number of amides is 1. The summed E-state index contributed by atoms with van der Waals surface area (Å²) in [5, 5.41) is 17.3. The molecule has 6 heteroatoms. The van der Waals surface area contributed by atoms with Crippen molar-refractivity contribution >= 4 is 18.5 Å². The van der Waals surface area contributed by atoms with Gasteiger partial charge in [-0.3, -0.25) is 4.79 Å². The molecule has 0 atom stereocenters. The van der Waals surface area contributed by atoms with Gasteiger partial charge in [-0.2, -0.15) is 0 Å². The second-order valence-corrected chi connectivity index (χ2v) is 2.45. The summed E-state index contributed by atoms with van der Waals surface area (Å²) in [7, 11) is -1.95. The molecule has 0 fully saturated rings. The van der Waals surface area contributed by atoms with Gasteiger partial charge in [0.25, 0.3) is 5.91 Å². The van der Waals surface area contributed by atoms with E-state index in [1.165, 1.54) is 12.1 Å². The molecule has 0 aliphatic heterocycles. The predicted octanol–water partition coefficient (Wildman–Crippen LogP) is -1.40. The van der Waals surface area contributed by atoms with Gasteiger partial charge in [0.05, 0.1) is 5.56 Å². The minimum Gasteiger partial charge on any atom is -0.423 e. The molecule has 0 aliphatic rings. The molecule has 0 bridgehead atoms. The first-order chi connectivity index (χ1) is 6.04. The quantitative estimate of drug-likeness (QED) is 0.493. The fourth-order valence-corrected chi connectivity index (χ4v) is 0.940. The largest absolute Gasteiger partial charge is 0.491 e. The first kappa shape index (κ1) is 9.69. The van der Waals surface area contributed by atoms with Crippen LogP contribution in [0.5, 0.6) is 0 Å². The van der Waals surface area contributed by atoms with Crippen molar-refractivity contribution < 1.29 is 19.2 Å². The van der Waals surface area contributed by atoms with Gasteiger partial charge in [-0.15, -0.1) is 0 Å². The average molecular weight is 183 g/mol. The van der Waals surface area contributed by atoms with Crippen molar-refractivity contribution in [2.45, 2.75) is 0 Å². The maximum absolute atomic E-state index is 13.2. The Hall–Kier alpha value is -1.40. The second kappa shape index (κ2) is 3.55. The van der Waals surface area contributed by atoms with E-state index in [1.807, 2.05) is 0 Å². The zero-order valence-electron chi connectivity index (χ0n) is 6.57. The van der Waals surface area contributed by atoms with Crippen molar-refractivity contribution in [1.82, 2.24) is 0 Å². The number of nitrogens with two attached hydrogens (primary N) is 1. The molecule has 4 N–H and O–H groups in total. The minimum atomic E-state index is -1.95. The van der Waals surface area contributed by atoms with E-state index in [-0.39, 0.29) is 11.0 Å². The molecule has 0 saturated carbocycles. The Labute approximate surface area is 73.9 Å². The van der Waals surface area contributed by atoms with Crippen LogP contribution >= 0.6 is 0 Å². The van der Waals surface area contributed by atoms with Crippen LogP contribution in [0.1, 0.15) is 10.4 Å². The molecule has 4 nitrogen and oxygen atoms in total. The summed E-state index contributed by atoms with van der Waals surface area (Å²) >= 11 is 0. The van der Waals surface area contributed by atoms with Crippen LogP contribution in [0, 0.1) is 5.82 Å². The standard InChI is InChI=1S/C7H7BFNO3/c9-6-4(7(10)11)2-1-3-5(6)8(12)13/h1-3,12-13H,(H2,10,11). The highest BCUT2D eigenvalue weighted by Gasteiger charge is 2.20. The topological polar surface area (TPSA) is 83.6 Å². The Bertz CT molecular complexity index is 343. The number of rotatable bonds is 2. The summed E-state index contributed by atoms with van der Waals surface area (Å²) in [6, 6.07) is 3.65. The number of hydrogen-bond donors (Lipinski definition) is 3. The highest BCUT2D eigenvalue weighted by atomic mass is 19.1. The van der Waals surface area contributed by atoms with E-state index in [9.17, 15) is 9.18 Å². The van der Waals surface area contributed by atoms with Gasteiger partial charge in [0.2, 0.25) is 0 Å². The molecule has 0 aromatic heterocycles. The van der Waals surface area contributed by atoms with Crippen LogP contribution < -0.4 is 11.2 Å². The van der Waals surface area contributed by atoms with Gasteiger partial charge in [0.15, 0.2) is 0 Å². The maximum Gasteiger partial charge on any atom is 0.491 e. The van der Waals surface area contributed by atoms with Crippen LogP contribution in [0.25, 0.3) is 0 Å². The van der Waals surface area contributed by atoms with Crippen molar-refractivity contribution in [1.29, 1.82) is 0 Å². The SMILES string of the molecule is NC(=O)c1cccc(B(O)O)c1F. The molecule has 0 aliphatic carbocycles. The number of primary amides is 1. The Kier molecular flexibility index (Phi) is 2.65. The van der Waals surface area contributed by atoms with Gasteiger partial charge in [0, 0.05) is 5.46 Å². The smallest absolute Gasteiger partial charge is 0.423 e. The predicted molar refractivity (Wildman–Crippen MR) is 44.7 cm³/mol. The van der Waals surface area contributed by atoms with E-state index < -0.39 is 18.8 Å². The molecule has 68 valence electrons. The molecule has 1 aromatic rings. The molecule has 1 rings (SSSR count). The highest BCUT2D eigenvalue weighted by Crippen LogP contribution is 2.03. The van der Waals surface area contributed by atoms with Crippen LogP contribution in [0.2, 0.25) is 0 Å². The van der Waals surface area contributed by atoms with E-state index in [2.05, 4.69) is 0 Å². The third-order valence-corrected chi connectivity index (χ3v) is 1.57. The molecule has 13 heavy (non-hydrogen) atoms. The summed E-state index contributed by atoms with van der Waals surface area (Å²) in [5.41, 5.74) is 4.12. The Morgan fingerprint density at radius 1 is 1.46 bits per heavy atom. The summed E-state index contributed by atoms with van der Waals surface area (Å²) in [6.07, 6.45) is 0. The summed E-state index contributed by atoms with van der Waals surface area (Å²) in [6.45, 7) is 0. The summed E-state index contributed by atoms with van der Waals surface area (Å²) in [4.78, 5) is 10.6. The van der Waals surface area contributed by atoms with Crippen molar-refractivity contribution in [2.24, 2.45) is 5.73 Å². The van der Waals surface area contributed by atoms with Crippen molar-refractivity contribution in [3.05, 3.63) is 29.6 Å². The maximum atomic E-state index is 13.2. The van der Waals surface area contributed by atoms with Crippen LogP contribution in [-0.2, 0) is 0 Å². The number of carbonyl (C=O) groups is 1. The third kappa shape index (κ3) is 1.85. The molecule has 0 spiro atoms. The van der Waals surface area contributed by atoms with Crippen LogP contribution in [0.3, 0.4) is 0 Å². The van der Waals surface area contributed by atoms with E-state index in [4.69, 9.17) is 15.8 Å². The molecule has 1 amide bonds. The molecule has 0 saturated heterocycles. The van der Waals surface area contributed by atoms with Crippen molar-refractivity contribution in [3.8, 4) is 0 Å². The fraction of sp³-hybridized carbons (Fsp3) is 0. The molecular weight excluding hydrogens is 176 g/mol. The van der Waals surface area contributed by atoms with Crippen molar-refractivity contribution in [3.63, 3.8) is 0 Å². The number of hydrogen-bond acceptors (Lipinski definition) is 3. The normalized spacial score (nSPS) is 9.77. The van der Waals surface area contributed by atoms with E-state index in [0.29, 0.717) is 0 Å². The van der Waals surface area contributed by atoms with E-state index >= 15 is 0 Å². The Morgan fingerprint density at radius 3 is 2.54 bits per heavy atom. The van der Waals surface area contributed by atoms with Crippen molar-refractivity contribution in [2.75, 3.05) is 0 Å². The fourth-order valence-electron chi connectivity index (χ4n) is 0.940. The first-order valence-corrected chi connectivity index (χ1v) is 3.48. The monoisotopic (exact) mass is 183 g/mol. The Balaban J connectivity index is 3.26. The first-order valence-electron chi connectivity index (χ1n) is 3.48. The van der Waals surface area contributed by atoms with Crippen LogP contribution in [0.4, 0.5) is 4.39 Å². The summed E-state index contributed by atoms with van der Waals surface area (Å²) in [5.74, 6) is -1.94.